The van der Waals surface area contributed by atoms with Crippen LogP contribution in [0.15, 0.2) is 52.4 Å². The summed E-state index contributed by atoms with van der Waals surface area (Å²) in [6.07, 6.45) is 0. The highest BCUT2D eigenvalue weighted by Crippen LogP contribution is 2.29. The van der Waals surface area contributed by atoms with Gasteiger partial charge in [-0.05, 0) is 30.7 Å². The number of aryl methyl sites for hydroxylation is 1. The minimum Gasteiger partial charge on any atom is -0.373 e. The standard InChI is InChI=1S/C13H14N2S/c1-10-6-3-4-7-11(10)16-13-9-5-8-12(14-2)15-13/h3-9H,1-2H3,(H,14,15). The molecule has 0 fully saturated rings. The molecule has 1 aromatic heterocycles. The summed E-state index contributed by atoms with van der Waals surface area (Å²) < 4.78 is 0. The van der Waals surface area contributed by atoms with Crippen LogP contribution in [0.3, 0.4) is 0 Å². The second-order valence-corrected chi connectivity index (χ2v) is 4.54. The molecule has 2 aromatic rings. The summed E-state index contributed by atoms with van der Waals surface area (Å²) in [5.41, 5.74) is 1.28. The number of nitrogens with one attached hydrogen (secondary N) is 1. The summed E-state index contributed by atoms with van der Waals surface area (Å²) in [6, 6.07) is 14.3. The number of nitrogens with zero attached hydrogens (tertiary/aromatic N) is 1. The summed E-state index contributed by atoms with van der Waals surface area (Å²) in [7, 11) is 1.88. The maximum Gasteiger partial charge on any atom is 0.127 e. The molecule has 0 aliphatic rings. The second-order valence-electron chi connectivity index (χ2n) is 3.48. The lowest BCUT2D eigenvalue weighted by molar-refractivity contribution is 1.12. The van der Waals surface area contributed by atoms with Gasteiger partial charge in [-0.3, -0.25) is 0 Å². The van der Waals surface area contributed by atoms with Crippen LogP contribution in [-0.4, -0.2) is 12.0 Å². The summed E-state index contributed by atoms with van der Waals surface area (Å²) in [5, 5.41) is 4.06. The number of rotatable bonds is 3. The van der Waals surface area contributed by atoms with Gasteiger partial charge in [0.15, 0.2) is 0 Å². The number of anilines is 1. The van der Waals surface area contributed by atoms with Crippen molar-refractivity contribution in [1.29, 1.82) is 0 Å². The highest BCUT2D eigenvalue weighted by Gasteiger charge is 2.01. The molecule has 82 valence electrons. The second kappa shape index (κ2) is 5.03. The van der Waals surface area contributed by atoms with E-state index in [1.807, 2.05) is 25.2 Å². The van der Waals surface area contributed by atoms with Crippen LogP contribution in [0.4, 0.5) is 5.82 Å². The van der Waals surface area contributed by atoms with Crippen molar-refractivity contribution in [3.05, 3.63) is 48.0 Å². The molecule has 0 atom stereocenters. The third kappa shape index (κ3) is 2.55. The number of pyridine rings is 1. The molecule has 2 rings (SSSR count). The first-order valence-electron chi connectivity index (χ1n) is 5.18. The first-order chi connectivity index (χ1) is 7.79. The lowest BCUT2D eigenvalue weighted by Gasteiger charge is -2.05. The van der Waals surface area contributed by atoms with Crippen LogP contribution < -0.4 is 5.32 Å². The quantitative estimate of drug-likeness (QED) is 0.872. The van der Waals surface area contributed by atoms with Crippen LogP contribution >= 0.6 is 11.8 Å². The topological polar surface area (TPSA) is 24.9 Å². The van der Waals surface area contributed by atoms with E-state index in [2.05, 4.69) is 41.5 Å². The smallest absolute Gasteiger partial charge is 0.127 e. The molecule has 0 radical (unpaired) electrons. The normalized spacial score (nSPS) is 10.1. The molecule has 0 saturated carbocycles. The molecule has 0 unspecified atom stereocenters. The Morgan fingerprint density at radius 2 is 1.88 bits per heavy atom. The van der Waals surface area contributed by atoms with E-state index in [1.165, 1.54) is 10.5 Å². The summed E-state index contributed by atoms with van der Waals surface area (Å²) in [4.78, 5) is 5.73. The molecule has 0 amide bonds. The van der Waals surface area contributed by atoms with Gasteiger partial charge in [0.05, 0.1) is 0 Å². The van der Waals surface area contributed by atoms with Gasteiger partial charge in [0.2, 0.25) is 0 Å². The number of aromatic nitrogens is 1. The van der Waals surface area contributed by atoms with E-state index >= 15 is 0 Å². The van der Waals surface area contributed by atoms with Crippen LogP contribution in [0.5, 0.6) is 0 Å². The maximum absolute atomic E-state index is 4.48. The zero-order valence-electron chi connectivity index (χ0n) is 9.40. The number of benzene rings is 1. The van der Waals surface area contributed by atoms with Crippen molar-refractivity contribution in [2.75, 3.05) is 12.4 Å². The van der Waals surface area contributed by atoms with Crippen LogP contribution in [0.1, 0.15) is 5.56 Å². The fourth-order valence-corrected chi connectivity index (χ4v) is 2.29. The fourth-order valence-electron chi connectivity index (χ4n) is 1.39. The van der Waals surface area contributed by atoms with Gasteiger partial charge in [0.1, 0.15) is 10.8 Å². The molecular weight excluding hydrogens is 216 g/mol. The van der Waals surface area contributed by atoms with E-state index in [9.17, 15) is 0 Å². The lowest BCUT2D eigenvalue weighted by Crippen LogP contribution is -1.92. The predicted molar refractivity (Wildman–Crippen MR) is 69.1 cm³/mol. The van der Waals surface area contributed by atoms with Gasteiger partial charge >= 0.3 is 0 Å². The first-order valence-corrected chi connectivity index (χ1v) is 5.99. The average Bonchev–Trinajstić information content (AvgIpc) is 2.32. The third-order valence-electron chi connectivity index (χ3n) is 2.29. The predicted octanol–water partition coefficient (Wildman–Crippen LogP) is 3.58. The summed E-state index contributed by atoms with van der Waals surface area (Å²) >= 11 is 1.69. The van der Waals surface area contributed by atoms with Crippen molar-refractivity contribution in [3.8, 4) is 0 Å². The molecule has 0 aliphatic heterocycles. The SMILES string of the molecule is CNc1cccc(Sc2ccccc2C)n1. The Morgan fingerprint density at radius 3 is 2.62 bits per heavy atom. The van der Waals surface area contributed by atoms with Crippen molar-refractivity contribution in [3.63, 3.8) is 0 Å². The van der Waals surface area contributed by atoms with E-state index in [0.717, 1.165) is 10.8 Å². The molecule has 0 bridgehead atoms. The highest BCUT2D eigenvalue weighted by atomic mass is 32.2. The van der Waals surface area contributed by atoms with Crippen molar-refractivity contribution < 1.29 is 0 Å². The minimum atomic E-state index is 0.901. The minimum absolute atomic E-state index is 0.901. The van der Waals surface area contributed by atoms with E-state index in [4.69, 9.17) is 0 Å². The molecular formula is C13H14N2S. The van der Waals surface area contributed by atoms with Crippen LogP contribution in [0.2, 0.25) is 0 Å². The molecule has 16 heavy (non-hydrogen) atoms. The van der Waals surface area contributed by atoms with E-state index in [0.29, 0.717) is 0 Å². The highest BCUT2D eigenvalue weighted by molar-refractivity contribution is 7.99. The third-order valence-corrected chi connectivity index (χ3v) is 3.40. The van der Waals surface area contributed by atoms with Crippen LogP contribution in [0, 0.1) is 6.92 Å². The Kier molecular flexibility index (Phi) is 3.47. The van der Waals surface area contributed by atoms with Crippen LogP contribution in [0.25, 0.3) is 0 Å². The molecule has 1 N–H and O–H groups in total. The summed E-state index contributed by atoms with van der Waals surface area (Å²) in [6.45, 7) is 2.12. The van der Waals surface area contributed by atoms with Crippen molar-refractivity contribution in [1.82, 2.24) is 4.98 Å². The maximum atomic E-state index is 4.48. The monoisotopic (exact) mass is 230 g/mol. The Morgan fingerprint density at radius 1 is 1.06 bits per heavy atom. The largest absolute Gasteiger partial charge is 0.373 e. The Labute approximate surface area is 100 Å². The van der Waals surface area contributed by atoms with Gasteiger partial charge in [0, 0.05) is 11.9 Å². The van der Waals surface area contributed by atoms with Gasteiger partial charge in [-0.2, -0.15) is 0 Å². The van der Waals surface area contributed by atoms with E-state index < -0.39 is 0 Å². The van der Waals surface area contributed by atoms with Crippen LogP contribution in [-0.2, 0) is 0 Å². The fraction of sp³-hybridized carbons (Fsp3) is 0.154. The summed E-state index contributed by atoms with van der Waals surface area (Å²) in [5.74, 6) is 0.901. The zero-order valence-corrected chi connectivity index (χ0v) is 10.2. The molecule has 0 aliphatic carbocycles. The van der Waals surface area contributed by atoms with Crippen molar-refractivity contribution in [2.24, 2.45) is 0 Å². The number of hydrogen-bond donors (Lipinski definition) is 1. The van der Waals surface area contributed by atoms with Crippen molar-refractivity contribution in [2.45, 2.75) is 16.8 Å². The van der Waals surface area contributed by atoms with E-state index in [-0.39, 0.29) is 0 Å². The average molecular weight is 230 g/mol. The molecule has 2 nitrogen and oxygen atoms in total. The van der Waals surface area contributed by atoms with Gasteiger partial charge in [0.25, 0.3) is 0 Å². The van der Waals surface area contributed by atoms with Crippen molar-refractivity contribution >= 4 is 17.6 Å². The zero-order chi connectivity index (χ0) is 11.4. The van der Waals surface area contributed by atoms with Gasteiger partial charge in [-0.1, -0.05) is 36.0 Å². The Hall–Kier alpha value is -1.48. The molecule has 1 aromatic carbocycles. The first kappa shape index (κ1) is 11.0. The lowest BCUT2D eigenvalue weighted by atomic mass is 10.2. The van der Waals surface area contributed by atoms with Gasteiger partial charge in [-0.25, -0.2) is 4.98 Å². The van der Waals surface area contributed by atoms with E-state index in [1.54, 1.807) is 11.8 Å². The molecule has 0 spiro atoms. The molecule has 1 heterocycles. The molecule has 0 saturated heterocycles. The molecule has 3 heteroatoms. The van der Waals surface area contributed by atoms with Gasteiger partial charge < -0.3 is 5.32 Å². The number of hydrogen-bond acceptors (Lipinski definition) is 3. The Bertz CT molecular complexity index is 483. The van der Waals surface area contributed by atoms with Gasteiger partial charge in [-0.15, -0.1) is 0 Å². The Balaban J connectivity index is 2.24.